The van der Waals surface area contributed by atoms with E-state index in [1.807, 2.05) is 0 Å². The number of unbranched alkanes of at least 4 members (excludes halogenated alkanes) is 4. The van der Waals surface area contributed by atoms with Gasteiger partial charge in [-0.2, -0.15) is 0 Å². The zero-order valence-corrected chi connectivity index (χ0v) is 53.0. The van der Waals surface area contributed by atoms with Crippen LogP contribution in [-0.2, 0) is 6.42 Å². The molecule has 0 fully saturated rings. The number of benzene rings is 8. The number of hydrogen-bond donors (Lipinski definition) is 0. The molecule has 0 aliphatic heterocycles. The third-order valence-electron chi connectivity index (χ3n) is 18.3. The predicted molar refractivity (Wildman–Crippen MR) is 363 cm³/mol. The molecule has 1 aliphatic carbocycles. The highest BCUT2D eigenvalue weighted by molar-refractivity contribution is 5.87. The molecule has 4 heteroatoms. The fraction of sp³-hybridized carbons (Fsp3) is 0.407. The Bertz CT molecular complexity index is 2910. The lowest BCUT2D eigenvalue weighted by molar-refractivity contribution is 0.233. The molecule has 1 aliphatic rings. The van der Waals surface area contributed by atoms with Crippen LogP contribution in [0.2, 0.25) is 0 Å². The smallest absolute Gasteiger partial charge is 0.119 e. The van der Waals surface area contributed by atoms with Crippen molar-refractivity contribution in [2.24, 2.45) is 23.7 Å². The summed E-state index contributed by atoms with van der Waals surface area (Å²) in [5.74, 6) is 6.07. The van der Waals surface area contributed by atoms with Gasteiger partial charge in [0.2, 0.25) is 0 Å². The summed E-state index contributed by atoms with van der Waals surface area (Å²) in [6.45, 7) is 21.2. The van der Waals surface area contributed by atoms with Gasteiger partial charge < -0.3 is 18.9 Å². The van der Waals surface area contributed by atoms with Gasteiger partial charge in [-0.15, -0.1) is 0 Å². The summed E-state index contributed by atoms with van der Waals surface area (Å²) >= 11 is 0. The van der Waals surface area contributed by atoms with Crippen molar-refractivity contribution in [3.63, 3.8) is 0 Å². The maximum atomic E-state index is 6.39. The first-order chi connectivity index (χ1) is 41.7. The van der Waals surface area contributed by atoms with E-state index < -0.39 is 0 Å². The fourth-order valence-electron chi connectivity index (χ4n) is 12.2. The number of rotatable bonds is 34. The van der Waals surface area contributed by atoms with Gasteiger partial charge in [0.05, 0.1) is 26.4 Å². The Kier molecular flexibility index (Phi) is 23.5. The van der Waals surface area contributed by atoms with Crippen molar-refractivity contribution in [3.05, 3.63) is 181 Å². The van der Waals surface area contributed by atoms with Gasteiger partial charge in [0.25, 0.3) is 0 Å². The van der Waals surface area contributed by atoms with Crippen LogP contribution in [-0.4, -0.2) is 26.4 Å². The Morgan fingerprint density at radius 3 is 0.706 bits per heavy atom. The second kappa shape index (κ2) is 31.9. The molecule has 0 heterocycles. The molecule has 0 aromatic heterocycles. The largest absolute Gasteiger partial charge is 0.493 e. The van der Waals surface area contributed by atoms with Crippen molar-refractivity contribution in [3.8, 4) is 101 Å². The number of hydrogen-bond acceptors (Lipinski definition) is 4. The van der Waals surface area contributed by atoms with Crippen LogP contribution < -0.4 is 18.9 Å². The summed E-state index contributed by atoms with van der Waals surface area (Å²) in [7, 11) is 0. The van der Waals surface area contributed by atoms with Gasteiger partial charge in [-0.05, 0) is 230 Å². The summed E-state index contributed by atoms with van der Waals surface area (Å²) in [5.41, 5.74) is 19.6. The van der Waals surface area contributed by atoms with E-state index in [2.05, 4.69) is 225 Å². The molecule has 0 amide bonds. The summed E-state index contributed by atoms with van der Waals surface area (Å²) in [6, 6.07) is 63.5. The van der Waals surface area contributed by atoms with Crippen LogP contribution in [0.25, 0.3) is 77.9 Å². The molecule has 0 spiro atoms. The van der Waals surface area contributed by atoms with E-state index in [0.717, 1.165) is 81.5 Å². The Hall–Kier alpha value is -7.04. The second-order valence-corrected chi connectivity index (χ2v) is 24.5. The van der Waals surface area contributed by atoms with Crippen LogP contribution in [0, 0.1) is 23.7 Å². The third-order valence-corrected chi connectivity index (χ3v) is 18.3. The van der Waals surface area contributed by atoms with Gasteiger partial charge >= 0.3 is 0 Å². The first-order valence-electron chi connectivity index (χ1n) is 33.2. The third kappa shape index (κ3) is 17.1. The van der Waals surface area contributed by atoms with E-state index in [-0.39, 0.29) is 0 Å². The van der Waals surface area contributed by atoms with Crippen LogP contribution in [0.3, 0.4) is 0 Å². The average Bonchev–Trinajstić information content (AvgIpc) is 4.21. The van der Waals surface area contributed by atoms with Crippen LogP contribution in [0.1, 0.15) is 169 Å². The molecule has 85 heavy (non-hydrogen) atoms. The molecule has 4 atom stereocenters. The highest BCUT2D eigenvalue weighted by Crippen LogP contribution is 2.43. The van der Waals surface area contributed by atoms with Crippen LogP contribution in [0.15, 0.2) is 170 Å². The molecule has 0 N–H and O–H groups in total. The van der Waals surface area contributed by atoms with Gasteiger partial charge in [0.15, 0.2) is 0 Å². The van der Waals surface area contributed by atoms with Gasteiger partial charge in [-0.3, -0.25) is 0 Å². The normalized spacial score (nSPS) is 13.2. The van der Waals surface area contributed by atoms with Crippen molar-refractivity contribution in [1.82, 2.24) is 0 Å². The van der Waals surface area contributed by atoms with Gasteiger partial charge in [0.1, 0.15) is 23.0 Å². The highest BCUT2D eigenvalue weighted by atomic mass is 16.5. The van der Waals surface area contributed by atoms with Crippen LogP contribution in [0.5, 0.6) is 23.0 Å². The Morgan fingerprint density at radius 2 is 0.482 bits per heavy atom. The number of fused-ring (bicyclic) bond motifs is 3. The van der Waals surface area contributed by atoms with Gasteiger partial charge in [-0.25, -0.2) is 0 Å². The van der Waals surface area contributed by atoms with Crippen molar-refractivity contribution >= 4 is 0 Å². The second-order valence-electron chi connectivity index (χ2n) is 24.5. The lowest BCUT2D eigenvalue weighted by atomic mass is 9.91. The average molecular weight is 1140 g/mol. The van der Waals surface area contributed by atoms with E-state index >= 15 is 0 Å². The van der Waals surface area contributed by atoms with Crippen LogP contribution >= 0.6 is 0 Å². The van der Waals surface area contributed by atoms with Crippen LogP contribution in [0.4, 0.5) is 0 Å². The Balaban J connectivity index is 0.999. The minimum atomic E-state index is 0.584. The topological polar surface area (TPSA) is 36.9 Å². The minimum Gasteiger partial charge on any atom is -0.493 e. The molecule has 8 aromatic rings. The fourth-order valence-corrected chi connectivity index (χ4v) is 12.2. The monoisotopic (exact) mass is 1130 g/mol. The zero-order valence-electron chi connectivity index (χ0n) is 53.0. The standard InChI is InChI=1S/C81H98O4/c1-9-17-21-58(13-5)54-82-76-35-25-62(26-36-76)68-47-69(63-27-37-77(38-28-63)83-55-59(14-6)22-18-10-2)50-72(49-68)66-33-43-80-74(45-66)53-75-46-67(34-44-81(75)80)73-51-70(64-29-39-78(40-30-64)84-56-60(15-7)23-19-11-3)48-71(52-73)65-31-41-79(42-32-65)85-57-61(16-8)24-20-12-4/h25-52,58-61H,9-24,53-57H2,1-8H3. The molecule has 4 unspecified atom stereocenters. The first kappa shape index (κ1) is 62.5. The quantitative estimate of drug-likeness (QED) is 0.0403. The van der Waals surface area contributed by atoms with E-state index in [9.17, 15) is 0 Å². The van der Waals surface area contributed by atoms with Crippen molar-refractivity contribution in [2.75, 3.05) is 26.4 Å². The lowest BCUT2D eigenvalue weighted by Crippen LogP contribution is -2.11. The van der Waals surface area contributed by atoms with Gasteiger partial charge in [0, 0.05) is 0 Å². The maximum Gasteiger partial charge on any atom is 0.119 e. The van der Waals surface area contributed by atoms with Crippen molar-refractivity contribution in [2.45, 2.75) is 165 Å². The van der Waals surface area contributed by atoms with E-state index in [1.54, 1.807) is 0 Å². The summed E-state index contributed by atoms with van der Waals surface area (Å²) in [5, 5.41) is 0. The number of ether oxygens (including phenoxy) is 4. The SMILES string of the molecule is CCCCC(CC)COc1ccc(-c2cc(-c3ccc(OCC(CC)CCCC)cc3)cc(-c3ccc4c(c3)Cc3cc(-c5cc(-c6ccc(OCC(CC)CCCC)cc6)cc(-c6ccc(OCC(CC)CCCC)cc6)c5)ccc3-4)c2)cc1. The van der Waals surface area contributed by atoms with E-state index in [1.165, 1.54) is 166 Å². The molecule has 0 saturated heterocycles. The molecule has 4 nitrogen and oxygen atoms in total. The summed E-state index contributed by atoms with van der Waals surface area (Å²) in [6.07, 6.45) is 20.2. The molecule has 8 aromatic carbocycles. The molecule has 0 bridgehead atoms. The van der Waals surface area contributed by atoms with Crippen molar-refractivity contribution < 1.29 is 18.9 Å². The maximum absolute atomic E-state index is 6.39. The molecule has 9 rings (SSSR count). The summed E-state index contributed by atoms with van der Waals surface area (Å²) in [4.78, 5) is 0. The molecule has 0 saturated carbocycles. The molecular formula is C81H98O4. The summed E-state index contributed by atoms with van der Waals surface area (Å²) < 4.78 is 25.5. The van der Waals surface area contributed by atoms with E-state index in [0.29, 0.717) is 23.7 Å². The Morgan fingerprint density at radius 1 is 0.259 bits per heavy atom. The Labute approximate surface area is 512 Å². The predicted octanol–water partition coefficient (Wildman–Crippen LogP) is 23.6. The van der Waals surface area contributed by atoms with E-state index in [4.69, 9.17) is 18.9 Å². The first-order valence-corrected chi connectivity index (χ1v) is 33.2. The highest BCUT2D eigenvalue weighted by Gasteiger charge is 2.22. The van der Waals surface area contributed by atoms with Gasteiger partial charge in [-0.1, -0.05) is 217 Å². The zero-order chi connectivity index (χ0) is 59.3. The molecule has 0 radical (unpaired) electrons. The minimum absolute atomic E-state index is 0.584. The lowest BCUT2D eigenvalue weighted by Gasteiger charge is -2.17. The molecule has 446 valence electrons. The van der Waals surface area contributed by atoms with Crippen molar-refractivity contribution in [1.29, 1.82) is 0 Å². The molecular weight excluding hydrogens is 1040 g/mol.